The van der Waals surface area contributed by atoms with Gasteiger partial charge in [0, 0.05) is 16.5 Å². The van der Waals surface area contributed by atoms with E-state index in [4.69, 9.17) is 21.4 Å². The summed E-state index contributed by atoms with van der Waals surface area (Å²) in [5, 5.41) is 9.73. The van der Waals surface area contributed by atoms with Crippen molar-refractivity contribution in [3.63, 3.8) is 0 Å². The monoisotopic (exact) mass is 346 g/mol. The van der Waals surface area contributed by atoms with Gasteiger partial charge in [-0.05, 0) is 43.5 Å². The van der Waals surface area contributed by atoms with Gasteiger partial charge in [-0.15, -0.1) is 0 Å². The number of aryl methyl sites for hydroxylation is 1. The highest BCUT2D eigenvalue weighted by Gasteiger charge is 2.27. The SMILES string of the molecule is CCc1nc(-c2ccc(Cl)cc2)nc(C2CCCC2)c1OC(=O)O. The maximum Gasteiger partial charge on any atom is 0.511 e. The second kappa shape index (κ2) is 7.18. The summed E-state index contributed by atoms with van der Waals surface area (Å²) in [4.78, 5) is 20.3. The van der Waals surface area contributed by atoms with E-state index in [9.17, 15) is 4.79 Å². The number of hydrogen-bond acceptors (Lipinski definition) is 4. The van der Waals surface area contributed by atoms with Crippen LogP contribution in [0.1, 0.15) is 49.9 Å². The lowest BCUT2D eigenvalue weighted by Crippen LogP contribution is -2.13. The number of benzene rings is 1. The van der Waals surface area contributed by atoms with Gasteiger partial charge in [-0.2, -0.15) is 0 Å². The summed E-state index contributed by atoms with van der Waals surface area (Å²) in [5.74, 6) is 1.12. The van der Waals surface area contributed by atoms with E-state index in [1.165, 1.54) is 0 Å². The Bertz CT molecular complexity index is 741. The largest absolute Gasteiger partial charge is 0.511 e. The first kappa shape index (κ1) is 16.7. The summed E-state index contributed by atoms with van der Waals surface area (Å²) in [7, 11) is 0. The second-order valence-electron chi connectivity index (χ2n) is 5.92. The van der Waals surface area contributed by atoms with Crippen molar-refractivity contribution in [1.29, 1.82) is 0 Å². The summed E-state index contributed by atoms with van der Waals surface area (Å²) in [6, 6.07) is 7.33. The molecule has 24 heavy (non-hydrogen) atoms. The van der Waals surface area contributed by atoms with Gasteiger partial charge < -0.3 is 9.84 Å². The van der Waals surface area contributed by atoms with Crippen LogP contribution in [0.25, 0.3) is 11.4 Å². The molecule has 1 saturated carbocycles. The number of hydrogen-bond donors (Lipinski definition) is 1. The molecule has 126 valence electrons. The van der Waals surface area contributed by atoms with Gasteiger partial charge in [-0.3, -0.25) is 0 Å². The van der Waals surface area contributed by atoms with Crippen LogP contribution in [0.5, 0.6) is 5.75 Å². The molecule has 0 amide bonds. The number of halogens is 1. The fraction of sp³-hybridized carbons (Fsp3) is 0.389. The topological polar surface area (TPSA) is 72.3 Å². The zero-order valence-corrected chi connectivity index (χ0v) is 14.2. The predicted octanol–water partition coefficient (Wildman–Crippen LogP) is 5.07. The van der Waals surface area contributed by atoms with E-state index in [0.29, 0.717) is 34.4 Å². The molecule has 2 aromatic rings. The molecule has 0 spiro atoms. The van der Waals surface area contributed by atoms with E-state index in [0.717, 1.165) is 31.2 Å². The molecule has 0 atom stereocenters. The maximum absolute atomic E-state index is 11.1. The maximum atomic E-state index is 11.1. The minimum atomic E-state index is -1.33. The quantitative estimate of drug-likeness (QED) is 0.782. The van der Waals surface area contributed by atoms with Gasteiger partial charge in [0.05, 0.1) is 11.4 Å². The highest BCUT2D eigenvalue weighted by Crippen LogP contribution is 2.40. The van der Waals surface area contributed by atoms with Crippen molar-refractivity contribution in [2.75, 3.05) is 0 Å². The number of nitrogens with zero attached hydrogens (tertiary/aromatic N) is 2. The van der Waals surface area contributed by atoms with Crippen LogP contribution in [0.3, 0.4) is 0 Å². The zero-order valence-electron chi connectivity index (χ0n) is 13.5. The Morgan fingerprint density at radius 3 is 2.50 bits per heavy atom. The first-order valence-corrected chi connectivity index (χ1v) is 8.53. The third kappa shape index (κ3) is 3.51. The Kier molecular flexibility index (Phi) is 5.00. The van der Waals surface area contributed by atoms with Crippen LogP contribution >= 0.6 is 11.6 Å². The Morgan fingerprint density at radius 1 is 1.25 bits per heavy atom. The van der Waals surface area contributed by atoms with Gasteiger partial charge in [0.1, 0.15) is 0 Å². The first-order valence-electron chi connectivity index (χ1n) is 8.16. The third-order valence-electron chi connectivity index (χ3n) is 4.33. The Morgan fingerprint density at radius 2 is 1.92 bits per heavy atom. The average molecular weight is 347 g/mol. The molecule has 3 rings (SSSR count). The van der Waals surface area contributed by atoms with Crippen molar-refractivity contribution in [2.45, 2.75) is 44.9 Å². The van der Waals surface area contributed by atoms with Crippen LogP contribution in [-0.4, -0.2) is 21.2 Å². The lowest BCUT2D eigenvalue weighted by atomic mass is 10.0. The molecular formula is C18H19ClN2O3. The molecular weight excluding hydrogens is 328 g/mol. The number of carboxylic acid groups (broad SMARTS) is 1. The molecule has 0 aliphatic heterocycles. The predicted molar refractivity (Wildman–Crippen MR) is 91.7 cm³/mol. The molecule has 0 bridgehead atoms. The Labute approximate surface area is 145 Å². The molecule has 1 aromatic carbocycles. The molecule has 1 aromatic heterocycles. The first-order chi connectivity index (χ1) is 11.6. The van der Waals surface area contributed by atoms with Crippen LogP contribution in [0.2, 0.25) is 5.02 Å². The molecule has 0 radical (unpaired) electrons. The summed E-state index contributed by atoms with van der Waals surface area (Å²) in [6.07, 6.45) is 3.49. The normalized spacial score (nSPS) is 14.8. The second-order valence-corrected chi connectivity index (χ2v) is 6.35. The summed E-state index contributed by atoms with van der Waals surface area (Å²) < 4.78 is 5.06. The number of carbonyl (C=O) groups is 1. The molecule has 1 aliphatic carbocycles. The Hall–Kier alpha value is -2.14. The van der Waals surface area contributed by atoms with Crippen LogP contribution in [0.15, 0.2) is 24.3 Å². The van der Waals surface area contributed by atoms with E-state index in [1.807, 2.05) is 19.1 Å². The van der Waals surface area contributed by atoms with Gasteiger partial charge in [0.15, 0.2) is 11.6 Å². The van der Waals surface area contributed by atoms with Crippen molar-refractivity contribution in [1.82, 2.24) is 9.97 Å². The van der Waals surface area contributed by atoms with Gasteiger partial charge in [-0.1, -0.05) is 31.4 Å². The van der Waals surface area contributed by atoms with Crippen molar-refractivity contribution in [2.24, 2.45) is 0 Å². The highest BCUT2D eigenvalue weighted by molar-refractivity contribution is 6.30. The number of aromatic nitrogens is 2. The molecule has 1 heterocycles. The molecule has 5 nitrogen and oxygen atoms in total. The van der Waals surface area contributed by atoms with Crippen LogP contribution < -0.4 is 4.74 Å². The minimum absolute atomic E-state index is 0.221. The van der Waals surface area contributed by atoms with E-state index in [-0.39, 0.29) is 5.92 Å². The highest BCUT2D eigenvalue weighted by atomic mass is 35.5. The third-order valence-corrected chi connectivity index (χ3v) is 4.58. The summed E-state index contributed by atoms with van der Waals surface area (Å²) in [6.45, 7) is 1.93. The van der Waals surface area contributed by atoms with Crippen LogP contribution in [0, 0.1) is 0 Å². The van der Waals surface area contributed by atoms with Crippen molar-refractivity contribution in [3.8, 4) is 17.1 Å². The molecule has 0 saturated heterocycles. The fourth-order valence-electron chi connectivity index (χ4n) is 3.16. The van der Waals surface area contributed by atoms with Crippen molar-refractivity contribution in [3.05, 3.63) is 40.7 Å². The fourth-order valence-corrected chi connectivity index (χ4v) is 3.28. The average Bonchev–Trinajstić information content (AvgIpc) is 3.09. The lowest BCUT2D eigenvalue weighted by molar-refractivity contribution is 0.143. The molecule has 0 unspecified atom stereocenters. The van der Waals surface area contributed by atoms with E-state index < -0.39 is 6.16 Å². The van der Waals surface area contributed by atoms with Crippen molar-refractivity contribution < 1.29 is 14.6 Å². The molecule has 1 N–H and O–H groups in total. The number of ether oxygens (including phenoxy) is 1. The zero-order chi connectivity index (χ0) is 17.1. The van der Waals surface area contributed by atoms with E-state index in [1.54, 1.807) is 12.1 Å². The van der Waals surface area contributed by atoms with Gasteiger partial charge >= 0.3 is 6.16 Å². The molecule has 1 fully saturated rings. The smallest absolute Gasteiger partial charge is 0.449 e. The van der Waals surface area contributed by atoms with Crippen LogP contribution in [0.4, 0.5) is 4.79 Å². The Balaban J connectivity index is 2.12. The molecule has 6 heteroatoms. The van der Waals surface area contributed by atoms with E-state index >= 15 is 0 Å². The summed E-state index contributed by atoms with van der Waals surface area (Å²) >= 11 is 5.95. The molecule has 1 aliphatic rings. The van der Waals surface area contributed by atoms with Crippen molar-refractivity contribution >= 4 is 17.8 Å². The standard InChI is InChI=1S/C18H19ClN2O3/c1-2-14-16(24-18(22)23)15(11-5-3-4-6-11)21-17(20-14)12-7-9-13(19)10-8-12/h7-11H,2-6H2,1H3,(H,22,23). The van der Waals surface area contributed by atoms with Gasteiger partial charge in [-0.25, -0.2) is 14.8 Å². The van der Waals surface area contributed by atoms with E-state index in [2.05, 4.69) is 9.97 Å². The minimum Gasteiger partial charge on any atom is -0.449 e. The number of rotatable bonds is 4. The summed E-state index contributed by atoms with van der Waals surface area (Å²) in [5.41, 5.74) is 2.20. The van der Waals surface area contributed by atoms with Gasteiger partial charge in [0.25, 0.3) is 0 Å². The van der Waals surface area contributed by atoms with Gasteiger partial charge in [0.2, 0.25) is 0 Å². The van der Waals surface area contributed by atoms with Crippen LogP contribution in [-0.2, 0) is 6.42 Å². The lowest BCUT2D eigenvalue weighted by Gasteiger charge is -2.17.